The summed E-state index contributed by atoms with van der Waals surface area (Å²) in [6.07, 6.45) is 6.39. The third-order valence-corrected chi connectivity index (χ3v) is 5.14. The molecule has 1 aliphatic rings. The van der Waals surface area contributed by atoms with Gasteiger partial charge in [0.15, 0.2) is 5.96 Å². The Morgan fingerprint density at radius 3 is 2.56 bits per heavy atom. The fourth-order valence-electron chi connectivity index (χ4n) is 3.52. The molecule has 1 aromatic carbocycles. The summed E-state index contributed by atoms with van der Waals surface area (Å²) in [5.74, 6) is 0.921. The zero-order chi connectivity index (χ0) is 17.3. The second-order valence-corrected chi connectivity index (χ2v) is 6.93. The molecule has 0 bridgehead atoms. The molecule has 1 aliphatic carbocycles. The Morgan fingerprint density at radius 1 is 1.20 bits per heavy atom. The van der Waals surface area contributed by atoms with Crippen LogP contribution in [0.25, 0.3) is 0 Å². The molecule has 2 rings (SSSR count). The van der Waals surface area contributed by atoms with Crippen molar-refractivity contribution in [2.75, 3.05) is 26.8 Å². The number of aryl methyl sites for hydroxylation is 1. The minimum atomic E-state index is 0. The average Bonchev–Trinajstić information content (AvgIpc) is 3.06. The van der Waals surface area contributed by atoms with Crippen LogP contribution in [-0.4, -0.2) is 32.8 Å². The van der Waals surface area contributed by atoms with E-state index in [1.54, 1.807) is 7.11 Å². The number of nitrogens with zero attached hydrogens (tertiary/aromatic N) is 1. The maximum atomic E-state index is 5.33. The van der Waals surface area contributed by atoms with Gasteiger partial charge < -0.3 is 15.4 Å². The summed E-state index contributed by atoms with van der Waals surface area (Å²) < 4.78 is 5.33. The minimum absolute atomic E-state index is 0. The zero-order valence-electron chi connectivity index (χ0n) is 15.9. The summed E-state index contributed by atoms with van der Waals surface area (Å²) in [5.41, 5.74) is 2.95. The molecule has 0 aliphatic heterocycles. The molecule has 1 saturated carbocycles. The van der Waals surface area contributed by atoms with Gasteiger partial charge in [0, 0.05) is 26.8 Å². The normalized spacial score (nSPS) is 16.4. The molecule has 0 radical (unpaired) electrons. The molecular weight excluding hydrogens is 425 g/mol. The summed E-state index contributed by atoms with van der Waals surface area (Å²) in [6, 6.07) is 8.45. The van der Waals surface area contributed by atoms with Gasteiger partial charge in [-0.2, -0.15) is 0 Å². The zero-order valence-corrected chi connectivity index (χ0v) is 18.3. The average molecular weight is 459 g/mol. The Kier molecular flexibility index (Phi) is 10.4. The molecule has 0 amide bonds. The fraction of sp³-hybridized carbons (Fsp3) is 0.650. The standard InChI is InChI=1S/C20H33N3O.HI/c1-4-21-19(22-15-18-10-6-5-9-17(18)2)23-16-20(13-14-24-3)11-7-8-12-20;/h5-6,9-10H,4,7-8,11-16H2,1-3H3,(H2,21,22,23);1H. The minimum Gasteiger partial charge on any atom is -0.385 e. The second-order valence-electron chi connectivity index (χ2n) is 6.93. The first-order valence-corrected chi connectivity index (χ1v) is 9.25. The number of guanidine groups is 1. The van der Waals surface area contributed by atoms with E-state index in [1.807, 2.05) is 0 Å². The number of benzene rings is 1. The van der Waals surface area contributed by atoms with Gasteiger partial charge in [0.25, 0.3) is 0 Å². The molecule has 1 aromatic rings. The van der Waals surface area contributed by atoms with Gasteiger partial charge in [-0.3, -0.25) is 0 Å². The van der Waals surface area contributed by atoms with Crippen LogP contribution in [0.2, 0.25) is 0 Å². The van der Waals surface area contributed by atoms with E-state index in [0.29, 0.717) is 12.0 Å². The van der Waals surface area contributed by atoms with Gasteiger partial charge in [0.2, 0.25) is 0 Å². The van der Waals surface area contributed by atoms with Gasteiger partial charge >= 0.3 is 0 Å². The number of halogens is 1. The third kappa shape index (κ3) is 7.13. The third-order valence-electron chi connectivity index (χ3n) is 5.14. The molecule has 4 nitrogen and oxygen atoms in total. The maximum Gasteiger partial charge on any atom is 0.191 e. The van der Waals surface area contributed by atoms with Crippen LogP contribution in [-0.2, 0) is 11.3 Å². The number of methoxy groups -OCH3 is 1. The summed E-state index contributed by atoms with van der Waals surface area (Å²) in [6.45, 7) is 7.68. The van der Waals surface area contributed by atoms with Gasteiger partial charge in [-0.05, 0) is 49.7 Å². The van der Waals surface area contributed by atoms with E-state index in [0.717, 1.165) is 32.1 Å². The molecule has 25 heavy (non-hydrogen) atoms. The first-order valence-electron chi connectivity index (χ1n) is 9.25. The van der Waals surface area contributed by atoms with E-state index in [1.165, 1.54) is 36.8 Å². The van der Waals surface area contributed by atoms with Crippen molar-refractivity contribution in [1.29, 1.82) is 0 Å². The fourth-order valence-corrected chi connectivity index (χ4v) is 3.52. The molecule has 0 aromatic heterocycles. The highest BCUT2D eigenvalue weighted by atomic mass is 127. The van der Waals surface area contributed by atoms with Crippen LogP contribution in [0.4, 0.5) is 0 Å². The van der Waals surface area contributed by atoms with Crippen LogP contribution in [0.3, 0.4) is 0 Å². The molecule has 0 unspecified atom stereocenters. The van der Waals surface area contributed by atoms with Crippen molar-refractivity contribution in [2.24, 2.45) is 10.4 Å². The number of hydrogen-bond acceptors (Lipinski definition) is 2. The molecule has 0 atom stereocenters. The van der Waals surface area contributed by atoms with E-state index in [4.69, 9.17) is 9.73 Å². The Balaban J connectivity index is 0.00000312. The second kappa shape index (κ2) is 11.7. The van der Waals surface area contributed by atoms with Crippen molar-refractivity contribution >= 4 is 29.9 Å². The molecule has 2 N–H and O–H groups in total. The number of rotatable bonds is 8. The van der Waals surface area contributed by atoms with Gasteiger partial charge in [-0.25, -0.2) is 4.99 Å². The van der Waals surface area contributed by atoms with Crippen LogP contribution in [0, 0.1) is 12.3 Å². The van der Waals surface area contributed by atoms with Crippen molar-refractivity contribution < 1.29 is 4.74 Å². The van der Waals surface area contributed by atoms with Crippen LogP contribution >= 0.6 is 24.0 Å². The van der Waals surface area contributed by atoms with E-state index >= 15 is 0 Å². The lowest BCUT2D eigenvalue weighted by atomic mass is 9.83. The van der Waals surface area contributed by atoms with E-state index in [9.17, 15) is 0 Å². The van der Waals surface area contributed by atoms with Crippen molar-refractivity contribution in [1.82, 2.24) is 10.6 Å². The monoisotopic (exact) mass is 459 g/mol. The Labute approximate surface area is 170 Å². The summed E-state index contributed by atoms with van der Waals surface area (Å²) in [7, 11) is 1.80. The van der Waals surface area contributed by atoms with Crippen LogP contribution in [0.5, 0.6) is 0 Å². The smallest absolute Gasteiger partial charge is 0.191 e. The first-order chi connectivity index (χ1) is 11.7. The molecule has 1 fully saturated rings. The van der Waals surface area contributed by atoms with Gasteiger partial charge in [-0.1, -0.05) is 37.1 Å². The number of hydrogen-bond donors (Lipinski definition) is 2. The predicted octanol–water partition coefficient (Wildman–Crippen LogP) is 4.27. The highest BCUT2D eigenvalue weighted by Gasteiger charge is 2.33. The maximum absolute atomic E-state index is 5.33. The van der Waals surface area contributed by atoms with Crippen LogP contribution in [0.1, 0.15) is 50.2 Å². The summed E-state index contributed by atoms with van der Waals surface area (Å²) >= 11 is 0. The highest BCUT2D eigenvalue weighted by Crippen LogP contribution is 2.40. The van der Waals surface area contributed by atoms with Crippen molar-refractivity contribution in [3.05, 3.63) is 35.4 Å². The number of nitrogens with one attached hydrogen (secondary N) is 2. The molecule has 0 spiro atoms. The molecule has 142 valence electrons. The van der Waals surface area contributed by atoms with Crippen molar-refractivity contribution in [3.63, 3.8) is 0 Å². The number of aliphatic imine (C=N–C) groups is 1. The van der Waals surface area contributed by atoms with Gasteiger partial charge in [0.05, 0.1) is 6.54 Å². The lowest BCUT2D eigenvalue weighted by Gasteiger charge is -2.30. The Hall–Kier alpha value is -0.820. The van der Waals surface area contributed by atoms with Crippen molar-refractivity contribution in [2.45, 2.75) is 52.5 Å². The molecule has 0 heterocycles. The molecule has 0 saturated heterocycles. The van der Waals surface area contributed by atoms with Gasteiger partial charge in [-0.15, -0.1) is 24.0 Å². The SMILES string of the molecule is CCNC(=NCc1ccccc1C)NCC1(CCOC)CCCC1.I. The lowest BCUT2D eigenvalue weighted by Crippen LogP contribution is -2.43. The topological polar surface area (TPSA) is 45.7 Å². The quantitative estimate of drug-likeness (QED) is 0.347. The van der Waals surface area contributed by atoms with Crippen LogP contribution in [0.15, 0.2) is 29.3 Å². The largest absolute Gasteiger partial charge is 0.385 e. The first kappa shape index (κ1) is 22.2. The predicted molar refractivity (Wildman–Crippen MR) is 117 cm³/mol. The molecular formula is C20H34IN3O. The lowest BCUT2D eigenvalue weighted by molar-refractivity contribution is 0.138. The highest BCUT2D eigenvalue weighted by molar-refractivity contribution is 14.0. The van der Waals surface area contributed by atoms with E-state index in [2.05, 4.69) is 48.7 Å². The Bertz CT molecular complexity index is 527. The van der Waals surface area contributed by atoms with E-state index < -0.39 is 0 Å². The van der Waals surface area contributed by atoms with Gasteiger partial charge in [0.1, 0.15) is 0 Å². The van der Waals surface area contributed by atoms with E-state index in [-0.39, 0.29) is 24.0 Å². The Morgan fingerprint density at radius 2 is 1.92 bits per heavy atom. The van der Waals surface area contributed by atoms with Crippen molar-refractivity contribution in [3.8, 4) is 0 Å². The summed E-state index contributed by atoms with van der Waals surface area (Å²) in [5, 5.41) is 6.96. The van der Waals surface area contributed by atoms with Crippen LogP contribution < -0.4 is 10.6 Å². The molecule has 5 heteroatoms. The summed E-state index contributed by atoms with van der Waals surface area (Å²) in [4.78, 5) is 4.78. The number of ether oxygens (including phenoxy) is 1.